The van der Waals surface area contributed by atoms with Crippen LogP contribution < -0.4 is 86.3 Å². The largest absolute Gasteiger partial charge is 0.508 e. The summed E-state index contributed by atoms with van der Waals surface area (Å²) in [5.74, 6) is -4.10. The fraction of sp³-hybridized carbons (Fsp3) is 0.621. The second kappa shape index (κ2) is 42.2. The van der Waals surface area contributed by atoms with Crippen molar-refractivity contribution in [1.29, 1.82) is 0 Å². The average molecular weight is 1270 g/mol. The van der Waals surface area contributed by atoms with Crippen molar-refractivity contribution in [3.8, 4) is 11.5 Å². The number of aromatic hydroxyl groups is 2. The smallest absolute Gasteiger partial charge is 0.242 e. The number of unbranched alkanes of at least 4 members (excludes halogenated alkanes) is 4. The van der Waals surface area contributed by atoms with E-state index in [1.165, 1.54) is 24.3 Å². The van der Waals surface area contributed by atoms with Gasteiger partial charge in [0.2, 0.25) is 59.1 Å². The average Bonchev–Trinajstić information content (AvgIpc) is 3.69. The summed E-state index contributed by atoms with van der Waals surface area (Å²) in [7, 11) is 0. The van der Waals surface area contributed by atoms with E-state index in [0.717, 1.165) is 0 Å². The van der Waals surface area contributed by atoms with E-state index in [-0.39, 0.29) is 137 Å². The van der Waals surface area contributed by atoms with E-state index in [4.69, 9.17) is 17.2 Å². The van der Waals surface area contributed by atoms with Crippen LogP contribution >= 0.6 is 25.3 Å². The summed E-state index contributed by atoms with van der Waals surface area (Å²) in [6.45, 7) is 5.79. The minimum atomic E-state index is -1.21. The van der Waals surface area contributed by atoms with Crippen LogP contribution in [0.4, 0.5) is 0 Å². The van der Waals surface area contributed by atoms with Gasteiger partial charge in [0, 0.05) is 128 Å². The molecule has 2 aromatic rings. The quantitative estimate of drug-likeness (QED) is 0.0180. The summed E-state index contributed by atoms with van der Waals surface area (Å²) in [6.07, 6.45) is 4.20. The Morgan fingerprint density at radius 3 is 1.18 bits per heavy atom. The summed E-state index contributed by atoms with van der Waals surface area (Å²) in [4.78, 5) is 127. The molecule has 4 atom stereocenters. The van der Waals surface area contributed by atoms with Crippen LogP contribution in [0.3, 0.4) is 0 Å². The third kappa shape index (κ3) is 31.9. The molecule has 0 aliphatic carbocycles. The molecule has 21 N–H and O–H groups in total. The van der Waals surface area contributed by atoms with Gasteiger partial charge in [-0.15, -0.1) is 0 Å². The van der Waals surface area contributed by atoms with Gasteiger partial charge in [-0.3, -0.25) is 53.3 Å². The molecule has 0 radical (unpaired) electrons. The molecule has 0 bridgehead atoms. The molecule has 0 saturated carbocycles. The molecule has 1 aliphatic heterocycles. The maximum Gasteiger partial charge on any atom is 0.242 e. The number of carbonyl (C=O) groups excluding carboxylic acids is 10. The number of hydrogen-bond donors (Lipinski definition) is 20. The van der Waals surface area contributed by atoms with Crippen LogP contribution in [0.1, 0.15) is 108 Å². The van der Waals surface area contributed by atoms with Gasteiger partial charge < -0.3 is 91.2 Å². The van der Waals surface area contributed by atoms with Gasteiger partial charge in [0.15, 0.2) is 0 Å². The molecule has 30 heteroatoms. The number of likely N-dealkylation sites (N-methyl/N-ethyl adjacent to an activating group) is 1. The first-order chi connectivity index (χ1) is 42.1. The number of amides is 10. The van der Waals surface area contributed by atoms with E-state index in [1.807, 2.05) is 6.92 Å². The molecule has 28 nitrogen and oxygen atoms in total. The number of nitrogens with two attached hydrogens (primary N) is 3. The molecule has 0 spiro atoms. The topological polar surface area (TPSA) is 446 Å². The number of nitrogens with one attached hydrogen (secondary N) is 13. The van der Waals surface area contributed by atoms with Crippen molar-refractivity contribution >= 4 is 84.3 Å². The molecule has 3 rings (SSSR count). The predicted molar refractivity (Wildman–Crippen MR) is 339 cm³/mol. The molecule has 0 aromatic heterocycles. The van der Waals surface area contributed by atoms with Crippen LogP contribution in [0.25, 0.3) is 0 Å². The van der Waals surface area contributed by atoms with Crippen molar-refractivity contribution in [2.75, 3.05) is 83.5 Å². The highest BCUT2D eigenvalue weighted by Gasteiger charge is 2.32. The Balaban J connectivity index is 1.45. The van der Waals surface area contributed by atoms with Gasteiger partial charge in [0.1, 0.15) is 47.0 Å². The van der Waals surface area contributed by atoms with Crippen molar-refractivity contribution in [3.05, 3.63) is 59.7 Å². The molecule has 1 fully saturated rings. The Labute approximate surface area is 526 Å². The lowest BCUT2D eigenvalue weighted by molar-refractivity contribution is -0.129. The second-order valence-corrected chi connectivity index (χ2v) is 22.6. The number of phenolic OH excluding ortho intramolecular Hbond substituents is 2. The lowest BCUT2D eigenvalue weighted by Gasteiger charge is -2.37. The van der Waals surface area contributed by atoms with E-state index < -0.39 is 70.9 Å². The van der Waals surface area contributed by atoms with E-state index >= 15 is 0 Å². The van der Waals surface area contributed by atoms with Gasteiger partial charge in [0.05, 0.1) is 0 Å². The number of hydrogen-bond acceptors (Lipinski definition) is 20. The minimum Gasteiger partial charge on any atom is -0.508 e. The Morgan fingerprint density at radius 2 is 0.818 bits per heavy atom. The Kier molecular flexibility index (Phi) is 36.2. The molecule has 2 aromatic carbocycles. The summed E-state index contributed by atoms with van der Waals surface area (Å²) in [5.41, 5.74) is 16.6. The molecule has 4 unspecified atom stereocenters. The highest BCUT2D eigenvalue weighted by Crippen LogP contribution is 2.14. The fourth-order valence-corrected chi connectivity index (χ4v) is 9.90. The van der Waals surface area contributed by atoms with Crippen LogP contribution in [0.5, 0.6) is 11.5 Å². The van der Waals surface area contributed by atoms with E-state index in [1.54, 1.807) is 24.3 Å². The number of primary amides is 2. The number of benzene rings is 2. The highest BCUT2D eigenvalue weighted by atomic mass is 32.1. The van der Waals surface area contributed by atoms with E-state index in [2.05, 4.69) is 94.4 Å². The number of rotatable bonds is 38. The van der Waals surface area contributed by atoms with Gasteiger partial charge in [-0.2, -0.15) is 25.3 Å². The van der Waals surface area contributed by atoms with Gasteiger partial charge >= 0.3 is 0 Å². The molecule has 1 aliphatic rings. The van der Waals surface area contributed by atoms with E-state index in [9.17, 15) is 58.2 Å². The van der Waals surface area contributed by atoms with Crippen LogP contribution in [0.15, 0.2) is 48.5 Å². The molecule has 88 heavy (non-hydrogen) atoms. The van der Waals surface area contributed by atoms with Crippen LogP contribution in [-0.4, -0.2) is 188 Å². The maximum absolute atomic E-state index is 13.6. The Bertz CT molecular complexity index is 2500. The summed E-state index contributed by atoms with van der Waals surface area (Å²) >= 11 is 8.05. The fourth-order valence-electron chi connectivity index (χ4n) is 9.36. The first-order valence-corrected chi connectivity index (χ1v) is 31.4. The molecular weight excluding hydrogens is 1180 g/mol. The molecular formula is C58H96N16O12S2. The number of thiol groups is 2. The van der Waals surface area contributed by atoms with E-state index in [0.29, 0.717) is 95.5 Å². The Hall–Kier alpha value is -6.80. The molecule has 10 amide bonds. The monoisotopic (exact) mass is 1270 g/mol. The molecule has 1 saturated heterocycles. The summed E-state index contributed by atoms with van der Waals surface area (Å²) in [5, 5.41) is 58.8. The normalized spacial score (nSPS) is 17.9. The third-order valence-electron chi connectivity index (χ3n) is 14.1. The van der Waals surface area contributed by atoms with Crippen LogP contribution in [0, 0.1) is 0 Å². The van der Waals surface area contributed by atoms with Crippen molar-refractivity contribution in [2.45, 2.75) is 145 Å². The number of phenols is 2. The number of carbonyl (C=O) groups is 10. The first kappa shape index (κ1) is 75.4. The van der Waals surface area contributed by atoms with Gasteiger partial charge in [-0.05, 0) is 80.5 Å². The van der Waals surface area contributed by atoms with Crippen LogP contribution in [0.2, 0.25) is 0 Å². The van der Waals surface area contributed by atoms with Gasteiger partial charge in [-0.25, -0.2) is 0 Å². The molecule has 492 valence electrons. The lowest BCUT2D eigenvalue weighted by Crippen LogP contribution is -2.69. The lowest BCUT2D eigenvalue weighted by atomic mass is 10.0. The standard InChI is InChI=1S/C58H96N16O12S2/c1-2-68-58(74-52(82)16-10-14-50(80)70-44(32-40-19-23-42(76)24-20-40)56(86)67-26-8-4-6-12-48(78)72-46(34-88)54(60)84)37-64-29-27-62-35-57(61,36-63-28-30-65-38-58)73-51(81)15-9-13-49(79)69-43(31-39-17-21-41(75)22-18-39)55(85)66-25-7-3-5-11-47(77)71-45(33-87)53(59)83/h17-24,43-46,62-65,68,75-76,87-88H,2-16,25-38,61H2,1H3,(H2,59,83)(H2,60,84)(H,66,85)(H,67,86)(H,69,79)(H,70,80)(H,71,77)(H,72,78)(H,73,81)(H,74,82). The highest BCUT2D eigenvalue weighted by molar-refractivity contribution is 7.80. The zero-order valence-electron chi connectivity index (χ0n) is 50.5. The maximum atomic E-state index is 13.6. The van der Waals surface area contributed by atoms with Crippen molar-refractivity contribution < 1.29 is 58.2 Å². The minimum absolute atomic E-state index is 0.0162. The van der Waals surface area contributed by atoms with Crippen molar-refractivity contribution in [2.24, 2.45) is 17.2 Å². The SMILES string of the molecule is CCNC1(NC(=O)CCCC(=O)NC(Cc2ccc(O)cc2)C(=O)NCCCCCC(=O)NC(CS)C(N)=O)CNCCNCC(N)(NC(=O)CCCC(=O)NC(Cc2ccc(O)cc2)C(=O)NCCCCCC(=O)NC(CS)C(N)=O)CNCCNC1. The zero-order chi connectivity index (χ0) is 64.7. The zero-order valence-corrected chi connectivity index (χ0v) is 52.3. The summed E-state index contributed by atoms with van der Waals surface area (Å²) in [6, 6.07) is 8.95. The summed E-state index contributed by atoms with van der Waals surface area (Å²) < 4.78 is 0. The first-order valence-electron chi connectivity index (χ1n) is 30.2. The van der Waals surface area contributed by atoms with Crippen LogP contribution in [-0.2, 0) is 60.8 Å². The van der Waals surface area contributed by atoms with Crippen molar-refractivity contribution in [1.82, 2.24) is 69.1 Å². The second-order valence-electron chi connectivity index (χ2n) is 21.9. The third-order valence-corrected chi connectivity index (χ3v) is 14.9. The predicted octanol–water partition coefficient (Wildman–Crippen LogP) is -3.09. The van der Waals surface area contributed by atoms with Gasteiger partial charge in [-0.1, -0.05) is 44.0 Å². The Morgan fingerprint density at radius 1 is 0.477 bits per heavy atom. The molecule has 1 heterocycles. The van der Waals surface area contributed by atoms with Crippen molar-refractivity contribution in [3.63, 3.8) is 0 Å². The van der Waals surface area contributed by atoms with Gasteiger partial charge in [0.25, 0.3) is 0 Å².